The van der Waals surface area contributed by atoms with Crippen molar-refractivity contribution in [3.05, 3.63) is 51.7 Å². The number of carbonyl (C=O) groups is 1. The van der Waals surface area contributed by atoms with Crippen molar-refractivity contribution in [1.29, 1.82) is 0 Å². The van der Waals surface area contributed by atoms with E-state index in [1.54, 1.807) is 42.8 Å². The molecule has 4 nitrogen and oxygen atoms in total. The van der Waals surface area contributed by atoms with Crippen molar-refractivity contribution in [3.8, 4) is 39.0 Å². The van der Waals surface area contributed by atoms with Gasteiger partial charge in [0, 0.05) is 45.6 Å². The number of carbonyl (C=O) groups excluding carboxylic acids is 1. The first-order chi connectivity index (χ1) is 30.9. The molecular weight excluding hydrogens is 931 g/mol. The van der Waals surface area contributed by atoms with Crippen molar-refractivity contribution in [2.45, 2.75) is 194 Å². The van der Waals surface area contributed by atoms with E-state index in [-0.39, 0.29) is 34.1 Å². The Morgan fingerprint density at radius 3 is 1.68 bits per heavy atom. The van der Waals surface area contributed by atoms with E-state index in [1.807, 2.05) is 11.3 Å². The van der Waals surface area contributed by atoms with E-state index in [0.717, 1.165) is 58.6 Å². The summed E-state index contributed by atoms with van der Waals surface area (Å²) in [7, 11) is -6.22. The molecule has 0 radical (unpaired) electrons. The van der Waals surface area contributed by atoms with Crippen molar-refractivity contribution >= 4 is 91.1 Å². The molecule has 356 valence electrons. The molecule has 3 unspecified atom stereocenters. The second-order valence-corrected chi connectivity index (χ2v) is 32.2. The zero-order chi connectivity index (χ0) is 47.1. The molecule has 1 amide bonds. The summed E-state index contributed by atoms with van der Waals surface area (Å²) < 4.78 is 30.7. The molecule has 7 heterocycles. The largest absolute Gasteiger partial charge is 0.270 e. The normalized spacial score (nSPS) is 18.3. The number of unbranched alkanes of at least 4 members (excludes halogenated alkanes) is 3. The average molecular weight is 1010 g/mol. The number of rotatable bonds is 23. The molecule has 3 atom stereocenters. The minimum atomic E-state index is -4.04. The Morgan fingerprint density at radius 1 is 0.585 bits per heavy atom. The lowest BCUT2D eigenvalue weighted by atomic mass is 9.89. The van der Waals surface area contributed by atoms with Gasteiger partial charge in [-0.25, -0.2) is 12.7 Å². The highest BCUT2D eigenvalue weighted by molar-refractivity contribution is 7.90. The van der Waals surface area contributed by atoms with Gasteiger partial charge in [-0.3, -0.25) is 4.79 Å². The molecule has 5 aromatic rings. The lowest BCUT2D eigenvalue weighted by Gasteiger charge is -2.36. The Hall–Kier alpha value is -1.86. The molecule has 65 heavy (non-hydrogen) atoms. The molecule has 0 spiro atoms. The van der Waals surface area contributed by atoms with Gasteiger partial charge < -0.3 is 0 Å². The third kappa shape index (κ3) is 9.84. The van der Waals surface area contributed by atoms with E-state index in [1.165, 1.54) is 98.6 Å². The van der Waals surface area contributed by atoms with Crippen LogP contribution in [-0.4, -0.2) is 33.2 Å². The van der Waals surface area contributed by atoms with E-state index < -0.39 is 18.1 Å². The fourth-order valence-corrected chi connectivity index (χ4v) is 26.8. The number of fused-ring (bicyclic) bond motifs is 4. The number of hydrogen-bond acceptors (Lipinski definition) is 8. The molecule has 0 aromatic carbocycles. The van der Waals surface area contributed by atoms with Crippen LogP contribution in [0, 0.1) is 17.8 Å². The number of amides is 1. The number of sulfonamides is 1. The predicted molar refractivity (Wildman–Crippen MR) is 292 cm³/mol. The number of thiophene rings is 5. The van der Waals surface area contributed by atoms with Crippen molar-refractivity contribution in [1.82, 2.24) is 4.31 Å². The van der Waals surface area contributed by atoms with Crippen LogP contribution in [0.1, 0.15) is 187 Å². The monoisotopic (exact) mass is 1010 g/mol. The molecule has 11 heteroatoms. The van der Waals surface area contributed by atoms with Gasteiger partial charge >= 0.3 is 0 Å². The zero-order valence-corrected chi connectivity index (χ0v) is 47.5. The predicted octanol–water partition coefficient (Wildman–Crippen LogP) is 17.3. The molecule has 0 aliphatic carbocycles. The molecular formula is C54H77NO3S6Si. The quantitative estimate of drug-likeness (QED) is 0.0613. The van der Waals surface area contributed by atoms with Gasteiger partial charge in [0.15, 0.2) is 0 Å². The molecule has 0 fully saturated rings. The van der Waals surface area contributed by atoms with E-state index in [9.17, 15) is 13.2 Å². The average Bonchev–Trinajstić information content (AvgIpc) is 4.14. The lowest BCUT2D eigenvalue weighted by Crippen LogP contribution is -2.57. The zero-order valence-electron chi connectivity index (χ0n) is 41.6. The Morgan fingerprint density at radius 2 is 1.12 bits per heavy atom. The number of hydrogen-bond donors (Lipinski definition) is 0. The fraction of sp³-hybridized carbons (Fsp3) is 0.611. The van der Waals surface area contributed by atoms with Crippen LogP contribution in [0.4, 0.5) is 0 Å². The summed E-state index contributed by atoms with van der Waals surface area (Å²) in [5, 5.41) is 3.44. The highest BCUT2D eigenvalue weighted by Crippen LogP contribution is 2.55. The summed E-state index contributed by atoms with van der Waals surface area (Å²) in [5.74, 6) is 1.25. The first kappa shape index (κ1) is 51.0. The molecule has 0 bridgehead atoms. The maximum absolute atomic E-state index is 14.8. The summed E-state index contributed by atoms with van der Waals surface area (Å²) in [5.41, 5.74) is 0.461. The van der Waals surface area contributed by atoms with Gasteiger partial charge in [-0.1, -0.05) is 154 Å². The van der Waals surface area contributed by atoms with Crippen molar-refractivity contribution in [2.24, 2.45) is 17.8 Å². The molecule has 7 rings (SSSR count). The third-order valence-electron chi connectivity index (χ3n) is 15.1. The van der Waals surface area contributed by atoms with E-state index in [2.05, 4.69) is 131 Å². The van der Waals surface area contributed by atoms with Crippen LogP contribution in [0.2, 0.25) is 12.1 Å². The first-order valence-electron chi connectivity index (χ1n) is 25.2. The Labute approximate surface area is 414 Å². The highest BCUT2D eigenvalue weighted by Gasteiger charge is 2.51. The summed E-state index contributed by atoms with van der Waals surface area (Å²) in [4.78, 5) is 26.8. The molecule has 0 saturated heterocycles. The van der Waals surface area contributed by atoms with Crippen LogP contribution in [0.3, 0.4) is 0 Å². The lowest BCUT2D eigenvalue weighted by molar-refractivity contribution is 0.0855. The number of nitrogens with zero attached hydrogens (tertiary/aromatic N) is 1. The molecule has 0 N–H and O–H groups in total. The van der Waals surface area contributed by atoms with Crippen LogP contribution in [0.5, 0.6) is 0 Å². The first-order valence-corrected chi connectivity index (χ1v) is 33.1. The van der Waals surface area contributed by atoms with Crippen LogP contribution < -0.4 is 10.4 Å². The Balaban J connectivity index is 1.37. The molecule has 2 aliphatic heterocycles. The van der Waals surface area contributed by atoms with Crippen LogP contribution in [0.25, 0.3) is 39.0 Å². The van der Waals surface area contributed by atoms with Gasteiger partial charge in [-0.15, -0.1) is 56.7 Å². The van der Waals surface area contributed by atoms with Crippen LogP contribution in [-0.2, 0) is 20.9 Å². The van der Waals surface area contributed by atoms with E-state index >= 15 is 0 Å². The standard InChI is InChI=1S/C54H77NO3S6Si/c1-13-20-23-35(16-4)32-55-52(56)46-47(63-48(51(46)64(55,57)58)40-28-29-44(60-40)53(8,9)10)39-27-26-38(59-39)41-30-42-49(61-41)50-43(31-45(62-50)54(11,12)19-7)65(42,33-36(17-5)24-21-14-2)34-37(18-6)25-22-15-3/h26-31,35-37H,13-25,32-34H2,1-12H3. The van der Waals surface area contributed by atoms with Gasteiger partial charge in [0.2, 0.25) is 0 Å². The second kappa shape index (κ2) is 20.6. The smallest absolute Gasteiger partial charge is 0.268 e. The summed E-state index contributed by atoms with van der Waals surface area (Å²) in [6, 6.07) is 16.7. The Bertz CT molecular complexity index is 2520. The fourth-order valence-electron chi connectivity index (χ4n) is 10.3. The van der Waals surface area contributed by atoms with E-state index in [0.29, 0.717) is 10.4 Å². The van der Waals surface area contributed by atoms with Crippen LogP contribution >= 0.6 is 56.7 Å². The molecule has 0 saturated carbocycles. The maximum Gasteiger partial charge on any atom is 0.270 e. The Kier molecular flexibility index (Phi) is 16.2. The SMILES string of the molecule is CCCCC(CC)CN1C(=O)c2c(-c3ccc(-c4cc5c(s4)-c4sc(C(C)(C)CC)cc4[Si]5(CC(CC)CCCC)CC(CC)CCCC)s3)sc(-c3ccc(C(C)(C)C)s3)c2S1(=O)=O. The van der Waals surface area contributed by atoms with Gasteiger partial charge in [0.1, 0.15) is 13.0 Å². The summed E-state index contributed by atoms with van der Waals surface area (Å²) in [6.07, 6.45) is 15.2. The van der Waals surface area contributed by atoms with Gasteiger partial charge in [0.05, 0.1) is 15.3 Å². The minimum absolute atomic E-state index is 0.0673. The van der Waals surface area contributed by atoms with Crippen molar-refractivity contribution in [2.75, 3.05) is 6.54 Å². The summed E-state index contributed by atoms with van der Waals surface area (Å²) in [6.45, 7) is 27.9. The molecule has 5 aromatic heterocycles. The van der Waals surface area contributed by atoms with Crippen molar-refractivity contribution in [3.63, 3.8) is 0 Å². The third-order valence-corrected chi connectivity index (χ3v) is 29.9. The highest BCUT2D eigenvalue weighted by atomic mass is 32.2. The summed E-state index contributed by atoms with van der Waals surface area (Å²) >= 11 is 9.01. The van der Waals surface area contributed by atoms with Gasteiger partial charge in [0.25, 0.3) is 15.9 Å². The van der Waals surface area contributed by atoms with Gasteiger partial charge in [-0.2, -0.15) is 0 Å². The van der Waals surface area contributed by atoms with E-state index in [4.69, 9.17) is 0 Å². The van der Waals surface area contributed by atoms with Crippen LogP contribution in [0.15, 0.2) is 41.3 Å². The molecule has 2 aliphatic rings. The maximum atomic E-state index is 14.8. The topological polar surface area (TPSA) is 54.5 Å². The minimum Gasteiger partial charge on any atom is -0.268 e. The second-order valence-electron chi connectivity index (χ2n) is 21.1. The van der Waals surface area contributed by atoms with Gasteiger partial charge in [-0.05, 0) is 100 Å². The van der Waals surface area contributed by atoms with Crippen molar-refractivity contribution < 1.29 is 13.2 Å².